The molecule has 1 heterocycles. The Kier molecular flexibility index (Phi) is 3.24. The van der Waals surface area contributed by atoms with Crippen molar-refractivity contribution in [2.75, 3.05) is 6.61 Å². The van der Waals surface area contributed by atoms with E-state index in [-0.39, 0.29) is 0 Å². The van der Waals surface area contributed by atoms with Gasteiger partial charge in [0, 0.05) is 20.7 Å². The van der Waals surface area contributed by atoms with Crippen molar-refractivity contribution in [2.24, 2.45) is 23.2 Å². The Labute approximate surface area is 134 Å². The van der Waals surface area contributed by atoms with Gasteiger partial charge in [-0.1, -0.05) is 0 Å². The largest absolute Gasteiger partial charge is 0.477 e. The summed E-state index contributed by atoms with van der Waals surface area (Å²) >= 11 is 2.36. The van der Waals surface area contributed by atoms with Crippen LogP contribution >= 0.6 is 22.6 Å². The van der Waals surface area contributed by atoms with Crippen LogP contribution in [-0.4, -0.2) is 11.6 Å². The SMILES string of the molecule is Cc1c(I)ccnc1OCC12CC3CC(CC(C3)C1)C2. The molecule has 4 aliphatic rings. The van der Waals surface area contributed by atoms with Crippen molar-refractivity contribution in [3.05, 3.63) is 21.4 Å². The fourth-order valence-corrected chi connectivity index (χ4v) is 5.72. The van der Waals surface area contributed by atoms with Crippen molar-refractivity contribution in [3.8, 4) is 5.88 Å². The van der Waals surface area contributed by atoms with Crippen molar-refractivity contribution in [2.45, 2.75) is 45.4 Å². The van der Waals surface area contributed by atoms with Gasteiger partial charge in [0.1, 0.15) is 0 Å². The van der Waals surface area contributed by atoms with Crippen LogP contribution in [0.25, 0.3) is 0 Å². The zero-order valence-electron chi connectivity index (χ0n) is 12.1. The molecule has 0 radical (unpaired) electrons. The van der Waals surface area contributed by atoms with Gasteiger partial charge in [-0.2, -0.15) is 0 Å². The molecule has 0 unspecified atom stereocenters. The molecule has 0 aliphatic heterocycles. The summed E-state index contributed by atoms with van der Waals surface area (Å²) < 4.78 is 7.43. The molecule has 5 rings (SSSR count). The topological polar surface area (TPSA) is 22.1 Å². The van der Waals surface area contributed by atoms with E-state index in [1.807, 2.05) is 12.3 Å². The number of hydrogen-bond donors (Lipinski definition) is 0. The molecular formula is C17H22INO. The molecule has 0 saturated heterocycles. The maximum Gasteiger partial charge on any atom is 0.217 e. The molecule has 108 valence electrons. The zero-order valence-corrected chi connectivity index (χ0v) is 14.2. The van der Waals surface area contributed by atoms with Gasteiger partial charge in [-0.05, 0) is 91.9 Å². The Morgan fingerprint density at radius 1 is 1.20 bits per heavy atom. The number of pyridine rings is 1. The van der Waals surface area contributed by atoms with Gasteiger partial charge in [-0.15, -0.1) is 0 Å². The molecular weight excluding hydrogens is 361 g/mol. The highest BCUT2D eigenvalue weighted by Crippen LogP contribution is 2.60. The third-order valence-corrected chi connectivity index (χ3v) is 6.94. The first-order chi connectivity index (χ1) is 9.63. The van der Waals surface area contributed by atoms with Crippen LogP contribution in [0.4, 0.5) is 0 Å². The van der Waals surface area contributed by atoms with Gasteiger partial charge < -0.3 is 4.74 Å². The van der Waals surface area contributed by atoms with Gasteiger partial charge in [0.2, 0.25) is 5.88 Å². The van der Waals surface area contributed by atoms with Gasteiger partial charge in [0.05, 0.1) is 6.61 Å². The van der Waals surface area contributed by atoms with Crippen molar-refractivity contribution in [3.63, 3.8) is 0 Å². The van der Waals surface area contributed by atoms with E-state index in [9.17, 15) is 0 Å². The summed E-state index contributed by atoms with van der Waals surface area (Å²) in [6.45, 7) is 3.01. The zero-order chi connectivity index (χ0) is 13.7. The molecule has 0 spiro atoms. The molecule has 0 aromatic carbocycles. The Morgan fingerprint density at radius 3 is 2.40 bits per heavy atom. The number of aromatic nitrogens is 1. The Morgan fingerprint density at radius 2 is 1.80 bits per heavy atom. The van der Waals surface area contributed by atoms with Gasteiger partial charge >= 0.3 is 0 Å². The first-order valence-electron chi connectivity index (χ1n) is 7.87. The monoisotopic (exact) mass is 383 g/mol. The molecule has 0 N–H and O–H groups in total. The molecule has 2 nitrogen and oxygen atoms in total. The average molecular weight is 383 g/mol. The van der Waals surface area contributed by atoms with Crippen LogP contribution in [0.3, 0.4) is 0 Å². The summed E-state index contributed by atoms with van der Waals surface area (Å²) in [4.78, 5) is 4.43. The molecule has 4 bridgehead atoms. The second-order valence-corrected chi connectivity index (χ2v) is 8.59. The molecule has 4 saturated carbocycles. The van der Waals surface area contributed by atoms with Gasteiger partial charge in [-0.3, -0.25) is 0 Å². The maximum atomic E-state index is 6.19. The van der Waals surface area contributed by atoms with Gasteiger partial charge in [0.15, 0.2) is 0 Å². The highest BCUT2D eigenvalue weighted by atomic mass is 127. The van der Waals surface area contributed by atoms with Crippen LogP contribution in [-0.2, 0) is 0 Å². The molecule has 4 fully saturated rings. The Balaban J connectivity index is 1.50. The van der Waals surface area contributed by atoms with Crippen LogP contribution in [0.1, 0.15) is 44.1 Å². The number of ether oxygens (including phenoxy) is 1. The predicted octanol–water partition coefficient (Wildman–Crippen LogP) is 4.59. The van der Waals surface area contributed by atoms with Crippen molar-refractivity contribution in [1.29, 1.82) is 0 Å². The normalized spacial score (nSPS) is 38.2. The number of halogens is 1. The summed E-state index contributed by atoms with van der Waals surface area (Å²) in [5.41, 5.74) is 1.67. The van der Waals surface area contributed by atoms with Crippen LogP contribution < -0.4 is 4.74 Å². The standard InChI is InChI=1S/C17H22INO/c1-11-15(18)2-3-19-16(11)20-10-17-7-12-4-13(8-17)6-14(5-12)9-17/h2-3,12-14H,4-10H2,1H3. The molecule has 0 amide bonds. The first-order valence-corrected chi connectivity index (χ1v) is 8.95. The number of nitrogens with zero attached hydrogens (tertiary/aromatic N) is 1. The number of rotatable bonds is 3. The van der Waals surface area contributed by atoms with E-state index >= 15 is 0 Å². The van der Waals surface area contributed by atoms with Crippen LogP contribution in [0.2, 0.25) is 0 Å². The fourth-order valence-electron chi connectivity index (χ4n) is 5.33. The minimum atomic E-state index is 0.476. The molecule has 1 aromatic heterocycles. The highest BCUT2D eigenvalue weighted by Gasteiger charge is 2.51. The van der Waals surface area contributed by atoms with Crippen LogP contribution in [0, 0.1) is 33.7 Å². The van der Waals surface area contributed by atoms with E-state index in [0.29, 0.717) is 5.41 Å². The average Bonchev–Trinajstić information content (AvgIpc) is 2.39. The molecule has 4 aliphatic carbocycles. The Hall–Kier alpha value is -0.320. The minimum Gasteiger partial charge on any atom is -0.477 e. The predicted molar refractivity (Wildman–Crippen MR) is 87.8 cm³/mol. The maximum absolute atomic E-state index is 6.19. The Bertz CT molecular complexity index is 492. The molecule has 20 heavy (non-hydrogen) atoms. The summed E-state index contributed by atoms with van der Waals surface area (Å²) in [6, 6.07) is 2.05. The summed E-state index contributed by atoms with van der Waals surface area (Å²) in [5.74, 6) is 3.84. The van der Waals surface area contributed by atoms with Crippen LogP contribution in [0.15, 0.2) is 12.3 Å². The summed E-state index contributed by atoms with van der Waals surface area (Å²) in [7, 11) is 0. The quantitative estimate of drug-likeness (QED) is 0.713. The van der Waals surface area contributed by atoms with Crippen molar-refractivity contribution >= 4 is 22.6 Å². The lowest BCUT2D eigenvalue weighted by molar-refractivity contribution is -0.0752. The molecule has 0 atom stereocenters. The summed E-state index contributed by atoms with van der Waals surface area (Å²) in [5, 5.41) is 0. The molecule has 1 aromatic rings. The van der Waals surface area contributed by atoms with E-state index in [1.165, 1.54) is 47.7 Å². The van der Waals surface area contributed by atoms with E-state index in [2.05, 4.69) is 34.5 Å². The van der Waals surface area contributed by atoms with E-state index in [4.69, 9.17) is 4.74 Å². The third kappa shape index (κ3) is 2.26. The lowest BCUT2D eigenvalue weighted by Gasteiger charge is -2.56. The minimum absolute atomic E-state index is 0.476. The van der Waals surface area contributed by atoms with Gasteiger partial charge in [-0.25, -0.2) is 4.98 Å². The van der Waals surface area contributed by atoms with E-state index < -0.39 is 0 Å². The molecule has 3 heteroatoms. The second kappa shape index (κ2) is 4.85. The van der Waals surface area contributed by atoms with Gasteiger partial charge in [0.25, 0.3) is 0 Å². The smallest absolute Gasteiger partial charge is 0.217 e. The van der Waals surface area contributed by atoms with Crippen LogP contribution in [0.5, 0.6) is 5.88 Å². The summed E-state index contributed by atoms with van der Waals surface area (Å²) in [6.07, 6.45) is 10.6. The number of hydrogen-bond acceptors (Lipinski definition) is 2. The van der Waals surface area contributed by atoms with E-state index in [1.54, 1.807) is 0 Å². The lowest BCUT2D eigenvalue weighted by Crippen LogP contribution is -2.48. The third-order valence-electron chi connectivity index (χ3n) is 5.77. The van der Waals surface area contributed by atoms with Crippen molar-refractivity contribution in [1.82, 2.24) is 4.98 Å². The van der Waals surface area contributed by atoms with Crippen molar-refractivity contribution < 1.29 is 4.74 Å². The fraction of sp³-hybridized carbons (Fsp3) is 0.706. The second-order valence-electron chi connectivity index (χ2n) is 7.43. The van der Waals surface area contributed by atoms with E-state index in [0.717, 1.165) is 30.2 Å². The lowest BCUT2D eigenvalue weighted by atomic mass is 9.50. The first kappa shape index (κ1) is 13.4. The highest BCUT2D eigenvalue weighted by molar-refractivity contribution is 14.1.